The molecule has 0 amide bonds. The van der Waals surface area contributed by atoms with Crippen molar-refractivity contribution in [2.75, 3.05) is 11.6 Å². The van der Waals surface area contributed by atoms with Crippen LogP contribution < -0.4 is 5.32 Å². The summed E-state index contributed by atoms with van der Waals surface area (Å²) in [4.78, 5) is 0. The standard InChI is InChI=1S/C36H41NS.C2H6/c1-25-7-15-29(16-8-25)35(3,4)31-19-11-27(12-20-31)34(33-23-38-24-37-33)28-13-21-32(22-14-28)36(5,6)30-17-9-26(2)10-18-30;1-2/h7-22,33-34,37H,23-24H2,1-6H3;1-2H3. The van der Waals surface area contributed by atoms with Crippen molar-refractivity contribution >= 4 is 11.8 Å². The average molecular weight is 550 g/mol. The Morgan fingerprint density at radius 3 is 1.20 bits per heavy atom. The van der Waals surface area contributed by atoms with E-state index in [0.29, 0.717) is 12.0 Å². The molecule has 1 atom stereocenters. The van der Waals surface area contributed by atoms with Crippen molar-refractivity contribution in [1.29, 1.82) is 0 Å². The summed E-state index contributed by atoms with van der Waals surface area (Å²) in [6.07, 6.45) is 0. The third-order valence-corrected chi connectivity index (χ3v) is 9.64. The molecule has 1 unspecified atom stereocenters. The number of hydrogen-bond acceptors (Lipinski definition) is 2. The van der Waals surface area contributed by atoms with Crippen LogP contribution in [0.4, 0.5) is 0 Å². The topological polar surface area (TPSA) is 12.0 Å². The highest BCUT2D eigenvalue weighted by Crippen LogP contribution is 2.38. The second-order valence-corrected chi connectivity index (χ2v) is 13.1. The van der Waals surface area contributed by atoms with E-state index >= 15 is 0 Å². The van der Waals surface area contributed by atoms with Gasteiger partial charge in [0.25, 0.3) is 0 Å². The molecule has 1 fully saturated rings. The molecular weight excluding hydrogens is 502 g/mol. The Bertz CT molecular complexity index is 1240. The minimum atomic E-state index is -0.0353. The van der Waals surface area contributed by atoms with Gasteiger partial charge in [-0.25, -0.2) is 0 Å². The molecule has 1 aliphatic heterocycles. The predicted molar refractivity (Wildman–Crippen MR) is 177 cm³/mol. The molecule has 0 bridgehead atoms. The third kappa shape index (κ3) is 6.40. The van der Waals surface area contributed by atoms with E-state index in [1.165, 1.54) is 44.5 Å². The zero-order valence-corrected chi connectivity index (χ0v) is 26.5. The van der Waals surface area contributed by atoms with Crippen LogP contribution >= 0.6 is 11.8 Å². The van der Waals surface area contributed by atoms with Crippen LogP contribution in [0.25, 0.3) is 0 Å². The first-order chi connectivity index (χ1) is 19.2. The molecule has 1 aliphatic rings. The van der Waals surface area contributed by atoms with Gasteiger partial charge in [0.1, 0.15) is 0 Å². The zero-order chi connectivity index (χ0) is 28.9. The van der Waals surface area contributed by atoms with Crippen molar-refractivity contribution < 1.29 is 0 Å². The molecule has 4 aromatic rings. The van der Waals surface area contributed by atoms with Gasteiger partial charge in [-0.3, -0.25) is 0 Å². The van der Waals surface area contributed by atoms with Gasteiger partial charge in [-0.05, 0) is 47.2 Å². The van der Waals surface area contributed by atoms with E-state index in [4.69, 9.17) is 0 Å². The normalized spacial score (nSPS) is 15.6. The van der Waals surface area contributed by atoms with Crippen LogP contribution in [0.5, 0.6) is 0 Å². The minimum Gasteiger partial charge on any atom is -0.303 e. The first-order valence-corrected chi connectivity index (χ1v) is 16.0. The lowest BCUT2D eigenvalue weighted by Gasteiger charge is -2.29. The van der Waals surface area contributed by atoms with Gasteiger partial charge in [-0.2, -0.15) is 0 Å². The van der Waals surface area contributed by atoms with E-state index in [0.717, 1.165) is 11.6 Å². The second kappa shape index (κ2) is 12.8. The van der Waals surface area contributed by atoms with E-state index in [1.54, 1.807) is 0 Å². The molecule has 0 spiro atoms. The molecule has 0 aromatic heterocycles. The van der Waals surface area contributed by atoms with Gasteiger partial charge in [-0.15, -0.1) is 11.8 Å². The van der Waals surface area contributed by atoms with Crippen LogP contribution in [0.1, 0.15) is 92.0 Å². The number of rotatable bonds is 7. The highest BCUT2D eigenvalue weighted by molar-refractivity contribution is 7.99. The maximum Gasteiger partial charge on any atom is 0.0421 e. The van der Waals surface area contributed by atoms with Crippen LogP contribution in [0.15, 0.2) is 97.1 Å². The van der Waals surface area contributed by atoms with Gasteiger partial charge in [0.15, 0.2) is 0 Å². The number of nitrogens with one attached hydrogen (secondary N) is 1. The molecule has 0 radical (unpaired) electrons. The second-order valence-electron chi connectivity index (χ2n) is 12.0. The molecule has 210 valence electrons. The molecular formula is C38H47NS. The van der Waals surface area contributed by atoms with Gasteiger partial charge >= 0.3 is 0 Å². The van der Waals surface area contributed by atoms with Crippen LogP contribution in [-0.2, 0) is 10.8 Å². The molecule has 4 aromatic carbocycles. The summed E-state index contributed by atoms with van der Waals surface area (Å²) in [6.45, 7) is 17.6. The summed E-state index contributed by atoms with van der Waals surface area (Å²) < 4.78 is 0. The predicted octanol–water partition coefficient (Wildman–Crippen LogP) is 9.78. The molecule has 0 saturated carbocycles. The van der Waals surface area contributed by atoms with Crippen molar-refractivity contribution in [3.05, 3.63) is 142 Å². The highest BCUT2D eigenvalue weighted by Gasteiger charge is 2.30. The quantitative estimate of drug-likeness (QED) is 0.246. The molecule has 0 aliphatic carbocycles. The van der Waals surface area contributed by atoms with Crippen molar-refractivity contribution in [3.63, 3.8) is 0 Å². The van der Waals surface area contributed by atoms with E-state index in [-0.39, 0.29) is 10.8 Å². The van der Waals surface area contributed by atoms with Crippen LogP contribution in [-0.4, -0.2) is 17.7 Å². The Morgan fingerprint density at radius 1 is 0.575 bits per heavy atom. The number of hydrogen-bond donors (Lipinski definition) is 1. The molecule has 40 heavy (non-hydrogen) atoms. The lowest BCUT2D eigenvalue weighted by Crippen LogP contribution is -2.32. The lowest BCUT2D eigenvalue weighted by molar-refractivity contribution is 0.563. The van der Waals surface area contributed by atoms with Gasteiger partial charge in [0.05, 0.1) is 0 Å². The Balaban J connectivity index is 0.00000181. The van der Waals surface area contributed by atoms with Crippen LogP contribution in [0.2, 0.25) is 0 Å². The van der Waals surface area contributed by atoms with Gasteiger partial charge in [0.2, 0.25) is 0 Å². The maximum absolute atomic E-state index is 3.77. The van der Waals surface area contributed by atoms with Crippen LogP contribution in [0, 0.1) is 13.8 Å². The number of aryl methyl sites for hydroxylation is 2. The summed E-state index contributed by atoms with van der Waals surface area (Å²) >= 11 is 2.00. The number of benzene rings is 4. The third-order valence-electron chi connectivity index (χ3n) is 8.68. The Labute approximate surface area is 247 Å². The monoisotopic (exact) mass is 549 g/mol. The van der Waals surface area contributed by atoms with Gasteiger partial charge in [-0.1, -0.05) is 150 Å². The van der Waals surface area contributed by atoms with Crippen molar-refractivity contribution in [3.8, 4) is 0 Å². The van der Waals surface area contributed by atoms with Crippen molar-refractivity contribution in [2.24, 2.45) is 0 Å². The average Bonchev–Trinajstić information content (AvgIpc) is 3.50. The van der Waals surface area contributed by atoms with Gasteiger partial charge in [0, 0.05) is 34.4 Å². The maximum atomic E-state index is 3.77. The minimum absolute atomic E-state index is 0.0353. The summed E-state index contributed by atoms with van der Waals surface area (Å²) in [5.74, 6) is 2.49. The van der Waals surface area contributed by atoms with E-state index in [2.05, 4.69) is 144 Å². The van der Waals surface area contributed by atoms with Crippen LogP contribution in [0.3, 0.4) is 0 Å². The molecule has 1 saturated heterocycles. The first-order valence-electron chi connectivity index (χ1n) is 14.8. The highest BCUT2D eigenvalue weighted by atomic mass is 32.2. The summed E-state index contributed by atoms with van der Waals surface area (Å²) in [5, 5.41) is 3.77. The number of thioether (sulfide) groups is 1. The molecule has 1 nitrogen and oxygen atoms in total. The SMILES string of the molecule is CC.Cc1ccc(C(C)(C)c2ccc(C(c3ccc(C(C)(C)c4ccc(C)cc4)cc3)C3CSCN3)cc2)cc1. The zero-order valence-electron chi connectivity index (χ0n) is 25.7. The van der Waals surface area contributed by atoms with E-state index in [9.17, 15) is 0 Å². The molecule has 1 N–H and O–H groups in total. The summed E-state index contributed by atoms with van der Waals surface area (Å²) in [6, 6.07) is 37.2. The van der Waals surface area contributed by atoms with Crippen molar-refractivity contribution in [1.82, 2.24) is 5.32 Å². The Hall–Kier alpha value is -2.81. The smallest absolute Gasteiger partial charge is 0.0421 e. The van der Waals surface area contributed by atoms with Crippen molar-refractivity contribution in [2.45, 2.75) is 78.2 Å². The first kappa shape index (κ1) is 30.2. The molecule has 1 heterocycles. The Kier molecular flexibility index (Phi) is 9.64. The summed E-state index contributed by atoms with van der Waals surface area (Å²) in [7, 11) is 0. The van der Waals surface area contributed by atoms with Gasteiger partial charge < -0.3 is 5.32 Å². The fourth-order valence-corrected chi connectivity index (χ4v) is 6.78. The molecule has 2 heteroatoms. The van der Waals surface area contributed by atoms with E-state index < -0.39 is 0 Å². The lowest BCUT2D eigenvalue weighted by atomic mass is 9.76. The van der Waals surface area contributed by atoms with E-state index in [1.807, 2.05) is 25.6 Å². The fourth-order valence-electron chi connectivity index (χ4n) is 5.77. The largest absolute Gasteiger partial charge is 0.303 e. The Morgan fingerprint density at radius 2 is 0.900 bits per heavy atom. The fraction of sp³-hybridized carbons (Fsp3) is 0.368. The molecule has 5 rings (SSSR count). The summed E-state index contributed by atoms with van der Waals surface area (Å²) in [5.41, 5.74) is 10.7.